The molecule has 112 valence electrons. The minimum atomic E-state index is 1.33. The van der Waals surface area contributed by atoms with Crippen LogP contribution in [0.25, 0.3) is 0 Å². The molecule has 2 aromatic rings. The van der Waals surface area contributed by atoms with E-state index in [0.717, 1.165) is 0 Å². The molecule has 0 bridgehead atoms. The van der Waals surface area contributed by atoms with Crippen molar-refractivity contribution in [2.75, 3.05) is 11.9 Å². The van der Waals surface area contributed by atoms with Crippen LogP contribution < -0.4 is 4.90 Å². The van der Waals surface area contributed by atoms with Gasteiger partial charge in [-0.2, -0.15) is 0 Å². The van der Waals surface area contributed by atoms with Crippen LogP contribution in [0.2, 0.25) is 0 Å². The zero-order valence-corrected chi connectivity index (χ0v) is 14.7. The van der Waals surface area contributed by atoms with E-state index in [-0.39, 0.29) is 0 Å². The third kappa shape index (κ3) is 2.70. The summed E-state index contributed by atoms with van der Waals surface area (Å²) in [6, 6.07) is 6.83. The Kier molecular flexibility index (Phi) is 4.13. The summed E-state index contributed by atoms with van der Waals surface area (Å²) < 4.78 is 0. The highest BCUT2D eigenvalue weighted by molar-refractivity contribution is 5.75. The summed E-state index contributed by atoms with van der Waals surface area (Å²) in [6.07, 6.45) is 0. The Labute approximate surface area is 129 Å². The van der Waals surface area contributed by atoms with Crippen LogP contribution in [0, 0.1) is 48.5 Å². The fourth-order valence-corrected chi connectivity index (χ4v) is 3.51. The van der Waals surface area contributed by atoms with Crippen LogP contribution in [0.1, 0.15) is 38.9 Å². The molecular weight excluding hydrogens is 254 g/mol. The van der Waals surface area contributed by atoms with Gasteiger partial charge in [0, 0.05) is 18.4 Å². The average molecular weight is 281 g/mol. The summed E-state index contributed by atoms with van der Waals surface area (Å²) in [5.74, 6) is 0. The summed E-state index contributed by atoms with van der Waals surface area (Å²) in [4.78, 5) is 2.37. The first-order valence-corrected chi connectivity index (χ1v) is 7.63. The Morgan fingerprint density at radius 1 is 0.571 bits per heavy atom. The topological polar surface area (TPSA) is 3.24 Å². The molecule has 0 fully saturated rings. The second-order valence-electron chi connectivity index (χ2n) is 6.42. The number of hydrogen-bond acceptors (Lipinski definition) is 1. The first-order valence-electron chi connectivity index (χ1n) is 7.63. The highest BCUT2D eigenvalue weighted by atomic mass is 15.1. The lowest BCUT2D eigenvalue weighted by Crippen LogP contribution is -2.16. The number of rotatable bonds is 2. The number of nitrogens with zero attached hydrogens (tertiary/aromatic N) is 1. The van der Waals surface area contributed by atoms with Gasteiger partial charge in [-0.25, -0.2) is 0 Å². The van der Waals surface area contributed by atoms with E-state index in [1.807, 2.05) is 0 Å². The van der Waals surface area contributed by atoms with Crippen LogP contribution in [0.5, 0.6) is 0 Å². The van der Waals surface area contributed by atoms with Crippen LogP contribution >= 0.6 is 0 Å². The first-order chi connectivity index (χ1) is 9.73. The van der Waals surface area contributed by atoms with E-state index in [1.165, 1.54) is 50.3 Å². The molecule has 0 saturated heterocycles. The van der Waals surface area contributed by atoms with Crippen molar-refractivity contribution < 1.29 is 0 Å². The van der Waals surface area contributed by atoms with Gasteiger partial charge < -0.3 is 4.90 Å². The van der Waals surface area contributed by atoms with Crippen molar-refractivity contribution in [2.45, 2.75) is 48.5 Å². The first kappa shape index (κ1) is 15.6. The van der Waals surface area contributed by atoms with Gasteiger partial charge in [-0.15, -0.1) is 0 Å². The third-order valence-corrected chi connectivity index (χ3v) is 4.63. The lowest BCUT2D eigenvalue weighted by Gasteiger charge is -2.29. The maximum Gasteiger partial charge on any atom is 0.0472 e. The fraction of sp³-hybridized carbons (Fsp3) is 0.400. The Balaban J connectivity index is 2.69. The van der Waals surface area contributed by atoms with Crippen LogP contribution in [-0.2, 0) is 0 Å². The van der Waals surface area contributed by atoms with Gasteiger partial charge in [0.15, 0.2) is 0 Å². The molecule has 21 heavy (non-hydrogen) atoms. The lowest BCUT2D eigenvalue weighted by atomic mass is 9.96. The predicted octanol–water partition coefficient (Wildman–Crippen LogP) is 5.61. The molecule has 1 nitrogen and oxygen atoms in total. The summed E-state index contributed by atoms with van der Waals surface area (Å²) in [6.45, 7) is 15.4. The molecule has 2 rings (SSSR count). The van der Waals surface area contributed by atoms with E-state index in [9.17, 15) is 0 Å². The molecule has 0 atom stereocenters. The molecular formula is C20H27N. The second kappa shape index (κ2) is 5.55. The molecule has 0 aromatic heterocycles. The maximum atomic E-state index is 2.37. The highest BCUT2D eigenvalue weighted by Crippen LogP contribution is 2.37. The van der Waals surface area contributed by atoms with E-state index in [1.54, 1.807) is 0 Å². The zero-order valence-electron chi connectivity index (χ0n) is 14.7. The molecule has 0 saturated carbocycles. The van der Waals surface area contributed by atoms with Gasteiger partial charge in [-0.3, -0.25) is 0 Å². The highest BCUT2D eigenvalue weighted by Gasteiger charge is 2.17. The van der Waals surface area contributed by atoms with Gasteiger partial charge in [0.05, 0.1) is 0 Å². The maximum absolute atomic E-state index is 2.37. The largest absolute Gasteiger partial charge is 0.344 e. The second-order valence-corrected chi connectivity index (χ2v) is 6.42. The number of hydrogen-bond donors (Lipinski definition) is 0. The summed E-state index contributed by atoms with van der Waals surface area (Å²) >= 11 is 0. The molecule has 0 heterocycles. The Bertz CT molecular complexity index is 646. The SMILES string of the molecule is Cc1cc(C)c(N(C)c2c(C)c(C)cc(C)c2C)c(C)c1. The quantitative estimate of drug-likeness (QED) is 0.691. The van der Waals surface area contributed by atoms with Gasteiger partial charge in [0.2, 0.25) is 0 Å². The van der Waals surface area contributed by atoms with Crippen LogP contribution in [0.4, 0.5) is 11.4 Å². The minimum Gasteiger partial charge on any atom is -0.344 e. The minimum absolute atomic E-state index is 1.33. The molecule has 0 aliphatic heterocycles. The Morgan fingerprint density at radius 3 is 1.43 bits per heavy atom. The molecule has 0 amide bonds. The van der Waals surface area contributed by atoms with Gasteiger partial charge in [-0.1, -0.05) is 23.8 Å². The molecule has 0 spiro atoms. The van der Waals surface area contributed by atoms with E-state index >= 15 is 0 Å². The van der Waals surface area contributed by atoms with Crippen molar-refractivity contribution in [3.05, 3.63) is 57.1 Å². The van der Waals surface area contributed by atoms with E-state index in [0.29, 0.717) is 0 Å². The molecule has 1 heteroatoms. The number of anilines is 2. The van der Waals surface area contributed by atoms with E-state index < -0.39 is 0 Å². The predicted molar refractivity (Wildman–Crippen MR) is 94.1 cm³/mol. The van der Waals surface area contributed by atoms with Crippen molar-refractivity contribution in [2.24, 2.45) is 0 Å². The average Bonchev–Trinajstić information content (AvgIpc) is 2.35. The van der Waals surface area contributed by atoms with Gasteiger partial charge in [-0.05, 0) is 81.8 Å². The van der Waals surface area contributed by atoms with Crippen molar-refractivity contribution >= 4 is 11.4 Å². The van der Waals surface area contributed by atoms with Crippen LogP contribution in [0.15, 0.2) is 18.2 Å². The molecule has 0 aliphatic rings. The van der Waals surface area contributed by atoms with Gasteiger partial charge in [0.1, 0.15) is 0 Å². The Hall–Kier alpha value is -1.76. The zero-order chi connectivity index (χ0) is 15.9. The van der Waals surface area contributed by atoms with E-state index in [4.69, 9.17) is 0 Å². The van der Waals surface area contributed by atoms with Crippen LogP contribution in [-0.4, -0.2) is 7.05 Å². The monoisotopic (exact) mass is 281 g/mol. The molecule has 0 N–H and O–H groups in total. The van der Waals surface area contributed by atoms with Crippen molar-refractivity contribution in [1.29, 1.82) is 0 Å². The molecule has 0 unspecified atom stereocenters. The van der Waals surface area contributed by atoms with Crippen molar-refractivity contribution in [1.82, 2.24) is 0 Å². The van der Waals surface area contributed by atoms with Gasteiger partial charge in [0.25, 0.3) is 0 Å². The van der Waals surface area contributed by atoms with Gasteiger partial charge >= 0.3 is 0 Å². The van der Waals surface area contributed by atoms with Crippen LogP contribution in [0.3, 0.4) is 0 Å². The lowest BCUT2D eigenvalue weighted by molar-refractivity contribution is 1.10. The molecule has 2 aromatic carbocycles. The number of aryl methyl sites for hydroxylation is 5. The van der Waals surface area contributed by atoms with E-state index in [2.05, 4.69) is 78.6 Å². The smallest absolute Gasteiger partial charge is 0.0472 e. The number of benzene rings is 2. The normalized spacial score (nSPS) is 10.9. The Morgan fingerprint density at radius 2 is 1.00 bits per heavy atom. The van der Waals surface area contributed by atoms with Crippen molar-refractivity contribution in [3.8, 4) is 0 Å². The molecule has 0 radical (unpaired) electrons. The fourth-order valence-electron chi connectivity index (χ4n) is 3.51. The summed E-state index contributed by atoms with van der Waals surface area (Å²) in [5, 5.41) is 0. The summed E-state index contributed by atoms with van der Waals surface area (Å²) in [5.41, 5.74) is 12.2. The summed E-state index contributed by atoms with van der Waals surface area (Å²) in [7, 11) is 2.19. The third-order valence-electron chi connectivity index (χ3n) is 4.63. The molecule has 0 aliphatic carbocycles. The standard InChI is InChI=1S/C20H27N/c1-12-9-15(4)19(16(5)10-12)21(8)20-17(6)13(2)11-14(3)18(20)7/h9-11H,1-8H3. The van der Waals surface area contributed by atoms with Crippen molar-refractivity contribution in [3.63, 3.8) is 0 Å².